The SMILES string of the molecule is CCC(C)(CCC(C)(C)C(=O)OC(C)(C)C)c1ccncc1. The van der Waals surface area contributed by atoms with Gasteiger partial charge in [0.2, 0.25) is 0 Å². The van der Waals surface area contributed by atoms with Gasteiger partial charge in [-0.3, -0.25) is 9.78 Å². The number of hydrogen-bond donors (Lipinski definition) is 0. The normalized spacial score (nSPS) is 15.2. The molecule has 0 saturated carbocycles. The van der Waals surface area contributed by atoms with Crippen LogP contribution in [0.2, 0.25) is 0 Å². The summed E-state index contributed by atoms with van der Waals surface area (Å²) in [5.74, 6) is -0.117. The summed E-state index contributed by atoms with van der Waals surface area (Å²) in [4.78, 5) is 16.5. The van der Waals surface area contributed by atoms with Crippen molar-refractivity contribution in [1.29, 1.82) is 0 Å². The molecule has 0 fully saturated rings. The molecule has 0 aliphatic carbocycles. The smallest absolute Gasteiger partial charge is 0.312 e. The summed E-state index contributed by atoms with van der Waals surface area (Å²) in [7, 11) is 0. The summed E-state index contributed by atoms with van der Waals surface area (Å²) in [6, 6.07) is 4.15. The second kappa shape index (κ2) is 6.80. The standard InChI is InChI=1S/C19H31NO2/c1-8-19(7,15-9-13-20-14-10-15)12-11-18(5,6)16(21)22-17(2,3)4/h9-10,13-14H,8,11-12H2,1-7H3. The number of rotatable bonds is 6. The van der Waals surface area contributed by atoms with Gasteiger partial charge in [0.05, 0.1) is 5.41 Å². The van der Waals surface area contributed by atoms with Crippen LogP contribution in [0, 0.1) is 5.41 Å². The molecular weight excluding hydrogens is 274 g/mol. The summed E-state index contributed by atoms with van der Waals surface area (Å²) < 4.78 is 5.56. The Morgan fingerprint density at radius 2 is 1.59 bits per heavy atom. The van der Waals surface area contributed by atoms with Crippen LogP contribution in [0.5, 0.6) is 0 Å². The van der Waals surface area contributed by atoms with Gasteiger partial charge in [0, 0.05) is 12.4 Å². The monoisotopic (exact) mass is 305 g/mol. The average molecular weight is 305 g/mol. The third-order valence-electron chi connectivity index (χ3n) is 4.41. The maximum Gasteiger partial charge on any atom is 0.312 e. The molecule has 1 atom stereocenters. The van der Waals surface area contributed by atoms with E-state index in [4.69, 9.17) is 4.74 Å². The van der Waals surface area contributed by atoms with Gasteiger partial charge in [0.1, 0.15) is 5.60 Å². The Morgan fingerprint density at radius 1 is 1.05 bits per heavy atom. The van der Waals surface area contributed by atoms with Crippen molar-refractivity contribution in [3.05, 3.63) is 30.1 Å². The number of aromatic nitrogens is 1. The largest absolute Gasteiger partial charge is 0.460 e. The highest BCUT2D eigenvalue weighted by atomic mass is 16.6. The molecule has 3 heteroatoms. The molecule has 1 heterocycles. The van der Waals surface area contributed by atoms with Crippen LogP contribution in [0.25, 0.3) is 0 Å². The molecule has 1 aromatic rings. The van der Waals surface area contributed by atoms with Crippen molar-refractivity contribution in [2.75, 3.05) is 0 Å². The van der Waals surface area contributed by atoms with Gasteiger partial charge >= 0.3 is 5.97 Å². The number of carbonyl (C=O) groups excluding carboxylic acids is 1. The lowest BCUT2D eigenvalue weighted by Crippen LogP contribution is -2.35. The molecule has 124 valence electrons. The third kappa shape index (κ3) is 5.11. The first-order chi connectivity index (χ1) is 10.0. The molecule has 0 aliphatic rings. The predicted molar refractivity (Wildman–Crippen MR) is 90.7 cm³/mol. The van der Waals surface area contributed by atoms with Gasteiger partial charge in [-0.25, -0.2) is 0 Å². The van der Waals surface area contributed by atoms with Crippen molar-refractivity contribution in [3.63, 3.8) is 0 Å². The average Bonchev–Trinajstić information content (AvgIpc) is 2.44. The summed E-state index contributed by atoms with van der Waals surface area (Å²) in [6.45, 7) is 14.1. The Hall–Kier alpha value is -1.38. The number of esters is 1. The molecule has 1 unspecified atom stereocenters. The van der Waals surface area contributed by atoms with Crippen LogP contribution in [0.4, 0.5) is 0 Å². The number of nitrogens with zero attached hydrogens (tertiary/aromatic N) is 1. The lowest BCUT2D eigenvalue weighted by atomic mass is 9.72. The lowest BCUT2D eigenvalue weighted by Gasteiger charge is -2.34. The molecule has 1 rings (SSSR count). The van der Waals surface area contributed by atoms with Gasteiger partial charge in [-0.1, -0.05) is 13.8 Å². The highest BCUT2D eigenvalue weighted by Gasteiger charge is 2.35. The molecule has 3 nitrogen and oxygen atoms in total. The van der Waals surface area contributed by atoms with Crippen molar-refractivity contribution in [1.82, 2.24) is 4.98 Å². The molecular formula is C19H31NO2. The Morgan fingerprint density at radius 3 is 2.05 bits per heavy atom. The Labute approximate surface area is 135 Å². The molecule has 0 spiro atoms. The highest BCUT2D eigenvalue weighted by molar-refractivity contribution is 5.76. The van der Waals surface area contributed by atoms with Crippen LogP contribution in [-0.2, 0) is 14.9 Å². The van der Waals surface area contributed by atoms with Gasteiger partial charge in [-0.15, -0.1) is 0 Å². The third-order valence-corrected chi connectivity index (χ3v) is 4.41. The van der Waals surface area contributed by atoms with E-state index in [1.807, 2.05) is 47.0 Å². The maximum atomic E-state index is 12.4. The molecule has 1 aromatic heterocycles. The van der Waals surface area contributed by atoms with Gasteiger partial charge in [0.15, 0.2) is 0 Å². The van der Waals surface area contributed by atoms with Crippen molar-refractivity contribution in [3.8, 4) is 0 Å². The zero-order valence-corrected chi connectivity index (χ0v) is 15.2. The van der Waals surface area contributed by atoms with E-state index in [9.17, 15) is 4.79 Å². The summed E-state index contributed by atoms with van der Waals surface area (Å²) in [5, 5.41) is 0. The van der Waals surface area contributed by atoms with Gasteiger partial charge < -0.3 is 4.74 Å². The molecule has 0 amide bonds. The fourth-order valence-corrected chi connectivity index (χ4v) is 2.39. The summed E-state index contributed by atoms with van der Waals surface area (Å²) in [6.07, 6.45) is 6.44. The molecule has 0 radical (unpaired) electrons. The highest BCUT2D eigenvalue weighted by Crippen LogP contribution is 2.37. The number of carbonyl (C=O) groups is 1. The fraction of sp³-hybridized carbons (Fsp3) is 0.684. The zero-order valence-electron chi connectivity index (χ0n) is 15.2. The second-order valence-electron chi connectivity index (χ2n) is 8.04. The minimum Gasteiger partial charge on any atom is -0.460 e. The van der Waals surface area contributed by atoms with E-state index in [2.05, 4.69) is 31.0 Å². The fourth-order valence-electron chi connectivity index (χ4n) is 2.39. The van der Waals surface area contributed by atoms with Crippen molar-refractivity contribution in [2.45, 2.75) is 78.7 Å². The number of ether oxygens (including phenoxy) is 1. The Balaban J connectivity index is 2.79. The first-order valence-corrected chi connectivity index (χ1v) is 8.14. The van der Waals surface area contributed by atoms with Crippen LogP contribution in [0.3, 0.4) is 0 Å². The first-order valence-electron chi connectivity index (χ1n) is 8.14. The predicted octanol–water partition coefficient (Wildman–Crippen LogP) is 4.90. The quantitative estimate of drug-likeness (QED) is 0.702. The summed E-state index contributed by atoms with van der Waals surface area (Å²) in [5.41, 5.74) is 0.428. The minimum absolute atomic E-state index is 0.0578. The second-order valence-corrected chi connectivity index (χ2v) is 8.04. The zero-order chi connectivity index (χ0) is 17.0. The van der Waals surface area contributed by atoms with Gasteiger partial charge in [0.25, 0.3) is 0 Å². The van der Waals surface area contributed by atoms with E-state index < -0.39 is 11.0 Å². The molecule has 0 N–H and O–H groups in total. The van der Waals surface area contributed by atoms with E-state index in [1.165, 1.54) is 5.56 Å². The van der Waals surface area contributed by atoms with Gasteiger partial charge in [-0.05, 0) is 77.0 Å². The van der Waals surface area contributed by atoms with E-state index in [1.54, 1.807) is 0 Å². The van der Waals surface area contributed by atoms with Crippen LogP contribution < -0.4 is 0 Å². The molecule has 0 aliphatic heterocycles. The molecule has 0 bridgehead atoms. The van der Waals surface area contributed by atoms with Crippen LogP contribution >= 0.6 is 0 Å². The van der Waals surface area contributed by atoms with E-state index in [0.717, 1.165) is 19.3 Å². The van der Waals surface area contributed by atoms with Crippen molar-refractivity contribution in [2.24, 2.45) is 5.41 Å². The first kappa shape index (κ1) is 18.7. The van der Waals surface area contributed by atoms with Crippen LogP contribution in [0.15, 0.2) is 24.5 Å². The van der Waals surface area contributed by atoms with Crippen LogP contribution in [0.1, 0.15) is 73.3 Å². The maximum absolute atomic E-state index is 12.4. The molecule has 22 heavy (non-hydrogen) atoms. The number of hydrogen-bond acceptors (Lipinski definition) is 3. The summed E-state index contributed by atoms with van der Waals surface area (Å²) >= 11 is 0. The van der Waals surface area contributed by atoms with E-state index in [0.29, 0.717) is 0 Å². The Kier molecular flexibility index (Phi) is 5.77. The van der Waals surface area contributed by atoms with Crippen molar-refractivity contribution >= 4 is 5.97 Å². The lowest BCUT2D eigenvalue weighted by molar-refractivity contribution is -0.166. The minimum atomic E-state index is -0.475. The van der Waals surface area contributed by atoms with Gasteiger partial charge in [-0.2, -0.15) is 0 Å². The number of pyridine rings is 1. The molecule has 0 saturated heterocycles. The Bertz CT molecular complexity index is 488. The van der Waals surface area contributed by atoms with Crippen LogP contribution in [-0.4, -0.2) is 16.6 Å². The molecule has 0 aromatic carbocycles. The van der Waals surface area contributed by atoms with E-state index >= 15 is 0 Å². The topological polar surface area (TPSA) is 39.2 Å². The van der Waals surface area contributed by atoms with Crippen molar-refractivity contribution < 1.29 is 9.53 Å². The van der Waals surface area contributed by atoms with E-state index in [-0.39, 0.29) is 11.4 Å².